The summed E-state index contributed by atoms with van der Waals surface area (Å²) in [6, 6.07) is 1.71. The highest BCUT2D eigenvalue weighted by molar-refractivity contribution is 7.91. The summed E-state index contributed by atoms with van der Waals surface area (Å²) in [5.41, 5.74) is 0.957. The van der Waals surface area contributed by atoms with E-state index in [0.29, 0.717) is 43.4 Å². The van der Waals surface area contributed by atoms with Crippen LogP contribution in [0, 0.1) is 6.92 Å². The van der Waals surface area contributed by atoms with Crippen molar-refractivity contribution < 1.29 is 17.9 Å². The third-order valence-electron chi connectivity index (χ3n) is 4.27. The number of thiophene rings is 1. The molecule has 2 fully saturated rings. The average Bonchev–Trinajstić information content (AvgIpc) is 3.13. The van der Waals surface area contributed by atoms with Gasteiger partial charge in [-0.3, -0.25) is 4.79 Å². The summed E-state index contributed by atoms with van der Waals surface area (Å²) >= 11 is 1.25. The van der Waals surface area contributed by atoms with Crippen LogP contribution in [0.2, 0.25) is 0 Å². The number of hydrogen-bond donors (Lipinski definition) is 0. The van der Waals surface area contributed by atoms with Crippen LogP contribution in [0.1, 0.15) is 24.8 Å². The van der Waals surface area contributed by atoms with Gasteiger partial charge >= 0.3 is 0 Å². The van der Waals surface area contributed by atoms with Crippen molar-refractivity contribution in [2.45, 2.75) is 36.5 Å². The standard InChI is InChI=1S/C15H22N2O4S2/c1-12-10-14(22-11-12)23(19,20)17-6-3-5-16(7-8-17)15(18)13-4-2-9-21-13/h10-11,13H,2-9H2,1H3/t13-/m1/s1. The van der Waals surface area contributed by atoms with Crippen LogP contribution in [0.25, 0.3) is 0 Å². The van der Waals surface area contributed by atoms with Gasteiger partial charge in [-0.1, -0.05) is 0 Å². The topological polar surface area (TPSA) is 66.9 Å². The number of sulfonamides is 1. The van der Waals surface area contributed by atoms with Gasteiger partial charge in [0, 0.05) is 32.8 Å². The fourth-order valence-electron chi connectivity index (χ4n) is 3.00. The van der Waals surface area contributed by atoms with E-state index in [1.807, 2.05) is 12.3 Å². The Morgan fingerprint density at radius 2 is 2.09 bits per heavy atom. The highest BCUT2D eigenvalue weighted by Crippen LogP contribution is 2.25. The third kappa shape index (κ3) is 3.60. The summed E-state index contributed by atoms with van der Waals surface area (Å²) in [7, 11) is -3.45. The van der Waals surface area contributed by atoms with Crippen molar-refractivity contribution in [2.24, 2.45) is 0 Å². The second-order valence-electron chi connectivity index (χ2n) is 6.03. The van der Waals surface area contributed by atoms with Crippen molar-refractivity contribution in [1.82, 2.24) is 9.21 Å². The molecule has 0 bridgehead atoms. The van der Waals surface area contributed by atoms with Gasteiger partial charge in [-0.15, -0.1) is 11.3 Å². The molecule has 1 aromatic rings. The van der Waals surface area contributed by atoms with E-state index in [4.69, 9.17) is 4.74 Å². The molecule has 6 nitrogen and oxygen atoms in total. The molecular formula is C15H22N2O4S2. The van der Waals surface area contributed by atoms with E-state index in [2.05, 4.69) is 0 Å². The zero-order valence-electron chi connectivity index (χ0n) is 13.2. The van der Waals surface area contributed by atoms with Gasteiger partial charge in [0.2, 0.25) is 0 Å². The molecule has 0 aliphatic carbocycles. The second kappa shape index (κ2) is 6.88. The molecule has 128 valence electrons. The molecule has 3 rings (SSSR count). The molecule has 2 aliphatic rings. The molecule has 1 atom stereocenters. The Kier molecular flexibility index (Phi) is 5.05. The number of nitrogens with zero attached hydrogens (tertiary/aromatic N) is 2. The van der Waals surface area contributed by atoms with Crippen molar-refractivity contribution in [2.75, 3.05) is 32.8 Å². The lowest BCUT2D eigenvalue weighted by atomic mass is 10.2. The first-order valence-electron chi connectivity index (χ1n) is 7.94. The van der Waals surface area contributed by atoms with Crippen molar-refractivity contribution >= 4 is 27.3 Å². The first-order valence-corrected chi connectivity index (χ1v) is 10.3. The van der Waals surface area contributed by atoms with Gasteiger partial charge in [0.05, 0.1) is 0 Å². The lowest BCUT2D eigenvalue weighted by molar-refractivity contribution is -0.140. The Balaban J connectivity index is 1.67. The summed E-state index contributed by atoms with van der Waals surface area (Å²) in [5.74, 6) is 0.00807. The molecular weight excluding hydrogens is 336 g/mol. The lowest BCUT2D eigenvalue weighted by Gasteiger charge is -2.23. The summed E-state index contributed by atoms with van der Waals surface area (Å²) < 4.78 is 32.7. The van der Waals surface area contributed by atoms with Gasteiger partial charge in [0.25, 0.3) is 15.9 Å². The highest BCUT2D eigenvalue weighted by atomic mass is 32.2. The number of amides is 1. The second-order valence-corrected chi connectivity index (χ2v) is 9.10. The Morgan fingerprint density at radius 1 is 1.26 bits per heavy atom. The first-order chi connectivity index (χ1) is 11.0. The smallest absolute Gasteiger partial charge is 0.252 e. The Hall–Kier alpha value is -0.960. The van der Waals surface area contributed by atoms with Crippen LogP contribution in [-0.2, 0) is 19.6 Å². The molecule has 2 aliphatic heterocycles. The van der Waals surface area contributed by atoms with E-state index >= 15 is 0 Å². The van der Waals surface area contributed by atoms with Crippen LogP contribution < -0.4 is 0 Å². The predicted octanol–water partition coefficient (Wildman–Crippen LogP) is 1.46. The average molecular weight is 358 g/mol. The van der Waals surface area contributed by atoms with Crippen molar-refractivity contribution in [3.8, 4) is 0 Å². The van der Waals surface area contributed by atoms with Crippen LogP contribution >= 0.6 is 11.3 Å². The maximum absolute atomic E-state index is 12.7. The molecule has 8 heteroatoms. The Labute approximate surface area is 141 Å². The highest BCUT2D eigenvalue weighted by Gasteiger charge is 2.32. The van der Waals surface area contributed by atoms with E-state index in [1.165, 1.54) is 15.6 Å². The molecule has 0 aromatic carbocycles. The van der Waals surface area contributed by atoms with Crippen LogP contribution in [0.15, 0.2) is 15.7 Å². The molecule has 0 N–H and O–H groups in total. The Morgan fingerprint density at radius 3 is 2.74 bits per heavy atom. The number of carbonyl (C=O) groups is 1. The van der Waals surface area contributed by atoms with E-state index in [-0.39, 0.29) is 12.0 Å². The van der Waals surface area contributed by atoms with Crippen molar-refractivity contribution in [1.29, 1.82) is 0 Å². The van der Waals surface area contributed by atoms with Crippen LogP contribution in [0.5, 0.6) is 0 Å². The largest absolute Gasteiger partial charge is 0.368 e. The molecule has 1 amide bonds. The van der Waals surface area contributed by atoms with E-state index in [1.54, 1.807) is 11.0 Å². The Bertz CT molecular complexity index is 665. The fraction of sp³-hybridized carbons (Fsp3) is 0.667. The number of ether oxygens (including phenoxy) is 1. The lowest BCUT2D eigenvalue weighted by Crippen LogP contribution is -2.41. The normalized spacial score (nSPS) is 23.9. The molecule has 0 unspecified atom stereocenters. The van der Waals surface area contributed by atoms with Gasteiger partial charge in [-0.2, -0.15) is 4.31 Å². The minimum atomic E-state index is -3.45. The third-order valence-corrected chi connectivity index (χ3v) is 7.70. The van der Waals surface area contributed by atoms with Gasteiger partial charge in [-0.05, 0) is 43.2 Å². The summed E-state index contributed by atoms with van der Waals surface area (Å²) in [5, 5.41) is 1.85. The van der Waals surface area contributed by atoms with Gasteiger partial charge in [0.1, 0.15) is 10.3 Å². The zero-order valence-corrected chi connectivity index (χ0v) is 14.9. The van der Waals surface area contributed by atoms with Crippen LogP contribution in [-0.4, -0.2) is 62.4 Å². The zero-order chi connectivity index (χ0) is 16.4. The number of carbonyl (C=O) groups excluding carboxylic acids is 1. The maximum Gasteiger partial charge on any atom is 0.252 e. The molecule has 2 saturated heterocycles. The van der Waals surface area contributed by atoms with Crippen LogP contribution in [0.4, 0.5) is 0 Å². The van der Waals surface area contributed by atoms with Crippen LogP contribution in [0.3, 0.4) is 0 Å². The fourth-order valence-corrected chi connectivity index (χ4v) is 5.85. The minimum Gasteiger partial charge on any atom is -0.368 e. The predicted molar refractivity (Wildman–Crippen MR) is 88.0 cm³/mol. The summed E-state index contributed by atoms with van der Waals surface area (Å²) in [6.07, 6.45) is 2.01. The van der Waals surface area contributed by atoms with Crippen molar-refractivity contribution in [3.63, 3.8) is 0 Å². The SMILES string of the molecule is Cc1csc(S(=O)(=O)N2CCCN(C(=O)[C@H]3CCCO3)CC2)c1. The monoisotopic (exact) mass is 358 g/mol. The molecule has 3 heterocycles. The molecule has 1 aromatic heterocycles. The molecule has 0 radical (unpaired) electrons. The molecule has 23 heavy (non-hydrogen) atoms. The van der Waals surface area contributed by atoms with Crippen molar-refractivity contribution in [3.05, 3.63) is 17.0 Å². The minimum absolute atomic E-state index is 0.00807. The number of rotatable bonds is 3. The molecule has 0 saturated carbocycles. The van der Waals surface area contributed by atoms with E-state index in [0.717, 1.165) is 18.4 Å². The number of hydrogen-bond acceptors (Lipinski definition) is 5. The van der Waals surface area contributed by atoms with Gasteiger partial charge in [0.15, 0.2) is 0 Å². The quantitative estimate of drug-likeness (QED) is 0.820. The summed E-state index contributed by atoms with van der Waals surface area (Å²) in [6.45, 7) is 4.35. The first kappa shape index (κ1) is 16.9. The van der Waals surface area contributed by atoms with E-state index in [9.17, 15) is 13.2 Å². The number of aryl methyl sites for hydroxylation is 1. The summed E-state index contributed by atoms with van der Waals surface area (Å²) in [4.78, 5) is 14.2. The molecule has 0 spiro atoms. The van der Waals surface area contributed by atoms with E-state index < -0.39 is 10.0 Å². The van der Waals surface area contributed by atoms with Gasteiger partial charge in [-0.25, -0.2) is 8.42 Å². The van der Waals surface area contributed by atoms with Gasteiger partial charge < -0.3 is 9.64 Å². The maximum atomic E-state index is 12.7.